The zero-order valence-electron chi connectivity index (χ0n) is 10.5. The first-order valence-corrected chi connectivity index (χ1v) is 6.67. The lowest BCUT2D eigenvalue weighted by Crippen LogP contribution is -2.50. The smallest absolute Gasteiger partial charge is 0.270 e. The third kappa shape index (κ3) is 2.44. The summed E-state index contributed by atoms with van der Waals surface area (Å²) in [5.74, 6) is -0.393. The number of aliphatic hydroxyl groups excluding tert-OH is 2. The Kier molecular flexibility index (Phi) is 4.31. The van der Waals surface area contributed by atoms with Gasteiger partial charge in [0.15, 0.2) is 6.23 Å². The van der Waals surface area contributed by atoms with Gasteiger partial charge in [-0.15, -0.1) is 11.6 Å². The van der Waals surface area contributed by atoms with Crippen LogP contribution in [-0.4, -0.2) is 54.3 Å². The first-order chi connectivity index (χ1) is 9.82. The van der Waals surface area contributed by atoms with Crippen LogP contribution in [0.15, 0.2) is 17.4 Å². The minimum absolute atomic E-state index is 0.0161. The van der Waals surface area contributed by atoms with E-state index in [2.05, 4.69) is 10.1 Å². The van der Waals surface area contributed by atoms with E-state index < -0.39 is 41.2 Å². The average molecular weight is 343 g/mol. The summed E-state index contributed by atoms with van der Waals surface area (Å²) < 4.78 is 20.9. The summed E-state index contributed by atoms with van der Waals surface area (Å²) in [5.41, 5.74) is 3.24. The predicted octanol–water partition coefficient (Wildman–Crippen LogP) is -0.481. The number of hydrogen-bond acceptors (Lipinski definition) is 7. The van der Waals surface area contributed by atoms with Crippen LogP contribution in [0.5, 0.6) is 0 Å². The number of anilines is 1. The van der Waals surface area contributed by atoms with Crippen LogP contribution in [-0.2, 0) is 4.74 Å². The summed E-state index contributed by atoms with van der Waals surface area (Å²) >= 11 is 11.4. The number of aliphatic hydroxyl groups is 2. The number of rotatable bonds is 3. The topological polar surface area (TPSA) is 126 Å². The highest BCUT2D eigenvalue weighted by molar-refractivity contribution is 6.24. The van der Waals surface area contributed by atoms with Crippen molar-refractivity contribution in [3.05, 3.63) is 17.9 Å². The molecule has 1 aromatic heterocycles. The molecule has 0 saturated carbocycles. The van der Waals surface area contributed by atoms with Crippen molar-refractivity contribution in [3.63, 3.8) is 0 Å². The van der Waals surface area contributed by atoms with Crippen molar-refractivity contribution in [1.29, 1.82) is 0 Å². The predicted molar refractivity (Wildman–Crippen MR) is 70.3 cm³/mol. The number of halogens is 3. The summed E-state index contributed by atoms with van der Waals surface area (Å²) in [5, 5.41) is 28.3. The molecule has 4 atom stereocenters. The summed E-state index contributed by atoms with van der Waals surface area (Å²) in [6.45, 7) is -0.763. The molecule has 2 heterocycles. The first kappa shape index (κ1) is 16.2. The molecule has 0 aromatic carbocycles. The van der Waals surface area contributed by atoms with E-state index in [1.807, 2.05) is 0 Å². The van der Waals surface area contributed by atoms with Crippen molar-refractivity contribution < 1.29 is 24.5 Å². The lowest BCUT2D eigenvalue weighted by atomic mass is 9.98. The van der Waals surface area contributed by atoms with Gasteiger partial charge in [0, 0.05) is 6.20 Å². The average Bonchev–Trinajstić information content (AvgIpc) is 2.68. The van der Waals surface area contributed by atoms with E-state index in [0.29, 0.717) is 0 Å². The Bertz CT molecular complexity index is 593. The molecule has 2 rings (SSSR count). The molecule has 8 nitrogen and oxygen atoms in total. The zero-order valence-corrected chi connectivity index (χ0v) is 12.0. The molecule has 5 N–H and O–H groups in total. The lowest BCUT2D eigenvalue weighted by molar-refractivity contribution is -0.115. The number of nitrogen functional groups attached to an aromatic ring is 1. The molecule has 1 aliphatic rings. The van der Waals surface area contributed by atoms with Crippen molar-refractivity contribution in [3.8, 4) is 0 Å². The van der Waals surface area contributed by atoms with E-state index in [-0.39, 0.29) is 5.82 Å². The van der Waals surface area contributed by atoms with Gasteiger partial charge in [-0.1, -0.05) is 11.6 Å². The Morgan fingerprint density at radius 1 is 1.62 bits per heavy atom. The van der Waals surface area contributed by atoms with E-state index >= 15 is 0 Å². The van der Waals surface area contributed by atoms with Crippen molar-refractivity contribution >= 4 is 29.0 Å². The van der Waals surface area contributed by atoms with Gasteiger partial charge in [-0.3, -0.25) is 4.57 Å². The summed E-state index contributed by atoms with van der Waals surface area (Å²) in [6, 6.07) is 1.29. The molecular formula is C10H13Cl2FN4O4. The fourth-order valence-corrected chi connectivity index (χ4v) is 2.70. The fourth-order valence-electron chi connectivity index (χ4n) is 2.05. The van der Waals surface area contributed by atoms with Crippen molar-refractivity contribution in [1.82, 2.24) is 9.55 Å². The van der Waals surface area contributed by atoms with Crippen LogP contribution in [0, 0.1) is 0 Å². The molecule has 1 aliphatic heterocycles. The van der Waals surface area contributed by atoms with Gasteiger partial charge in [-0.2, -0.15) is 4.98 Å². The molecule has 21 heavy (non-hydrogen) atoms. The van der Waals surface area contributed by atoms with Crippen molar-refractivity contribution in [2.24, 2.45) is 5.16 Å². The van der Waals surface area contributed by atoms with Crippen LogP contribution in [0.25, 0.3) is 0 Å². The second-order valence-corrected chi connectivity index (χ2v) is 5.41. The van der Waals surface area contributed by atoms with Gasteiger partial charge in [0.1, 0.15) is 17.5 Å². The Morgan fingerprint density at radius 2 is 2.29 bits per heavy atom. The first-order valence-electron chi connectivity index (χ1n) is 5.75. The van der Waals surface area contributed by atoms with Gasteiger partial charge in [0.05, 0.1) is 12.5 Å². The number of ether oxygens (including phenoxy) is 1. The van der Waals surface area contributed by atoms with Gasteiger partial charge in [0.2, 0.25) is 0 Å². The van der Waals surface area contributed by atoms with Gasteiger partial charge < -0.3 is 25.9 Å². The number of nitrogens with zero attached hydrogens (tertiary/aromatic N) is 3. The molecule has 0 spiro atoms. The van der Waals surface area contributed by atoms with Crippen LogP contribution < -0.4 is 11.4 Å². The Morgan fingerprint density at radius 3 is 2.76 bits per heavy atom. The van der Waals surface area contributed by atoms with Crippen molar-refractivity contribution in [2.75, 3.05) is 18.2 Å². The van der Waals surface area contributed by atoms with Crippen LogP contribution >= 0.6 is 23.2 Å². The van der Waals surface area contributed by atoms with E-state index in [4.69, 9.17) is 38.9 Å². The zero-order chi connectivity index (χ0) is 15.8. The molecule has 0 bridgehead atoms. The van der Waals surface area contributed by atoms with Gasteiger partial charge >= 0.3 is 0 Å². The maximum atomic E-state index is 14.7. The number of alkyl halides is 3. The Hall–Kier alpha value is -1.13. The highest BCUT2D eigenvalue weighted by Gasteiger charge is 2.64. The summed E-state index contributed by atoms with van der Waals surface area (Å²) in [7, 11) is 0. The molecule has 118 valence electrons. The van der Waals surface area contributed by atoms with E-state index in [9.17, 15) is 14.6 Å². The van der Waals surface area contributed by atoms with Gasteiger partial charge in [-0.25, -0.2) is 4.39 Å². The van der Waals surface area contributed by atoms with Crippen LogP contribution in [0.3, 0.4) is 0 Å². The Labute approximate surface area is 128 Å². The molecule has 1 saturated heterocycles. The molecular weight excluding hydrogens is 330 g/mol. The normalized spacial score (nSPS) is 37.1. The van der Waals surface area contributed by atoms with Gasteiger partial charge in [-0.05, 0) is 11.2 Å². The fraction of sp³-hybridized carbons (Fsp3) is 0.600. The monoisotopic (exact) mass is 342 g/mol. The van der Waals surface area contributed by atoms with Crippen LogP contribution in [0.2, 0.25) is 0 Å². The minimum Gasteiger partial charge on any atom is -0.408 e. The third-order valence-electron chi connectivity index (χ3n) is 3.24. The Balaban J connectivity index is 2.55. The summed E-state index contributed by atoms with van der Waals surface area (Å²) in [4.78, 5) is 3.67. The number of aromatic nitrogens is 2. The van der Waals surface area contributed by atoms with E-state index in [1.54, 1.807) is 0 Å². The molecule has 1 aromatic rings. The van der Waals surface area contributed by atoms with E-state index in [1.165, 1.54) is 12.3 Å². The number of nitrogens with two attached hydrogens (primary N) is 1. The standard InChI is InChI=1S/C10H13Cl2FN4O4/c11-3-9(4-18)6(19)10(12,13)7(21-9)17-2-1-5(14)15-8(17)16-20/h1-2,6-7,18-20H,3-4H2,(H2,14,15,16)/t6-,7-,9-,10-/m1/s1. The molecule has 0 amide bonds. The summed E-state index contributed by atoms with van der Waals surface area (Å²) in [6.07, 6.45) is -2.34. The lowest BCUT2D eigenvalue weighted by Gasteiger charge is -2.27. The molecule has 0 unspecified atom stereocenters. The largest absolute Gasteiger partial charge is 0.408 e. The molecule has 11 heteroatoms. The second kappa shape index (κ2) is 5.58. The van der Waals surface area contributed by atoms with Crippen molar-refractivity contribution in [2.45, 2.75) is 23.1 Å². The highest BCUT2D eigenvalue weighted by atomic mass is 35.5. The number of hydrogen-bond donors (Lipinski definition) is 4. The maximum absolute atomic E-state index is 14.7. The SMILES string of the molecule is Nc1ccn([C@@H]2O[C@@](CO)(CCl)[C@@H](O)[C@]2(F)Cl)/c(=N/O)n1. The second-order valence-electron chi connectivity index (χ2n) is 4.56. The third-order valence-corrected chi connectivity index (χ3v) is 4.09. The van der Waals surface area contributed by atoms with Crippen LogP contribution in [0.4, 0.5) is 10.2 Å². The minimum atomic E-state index is -2.83. The van der Waals surface area contributed by atoms with E-state index in [0.717, 1.165) is 4.57 Å². The molecule has 0 aliphatic carbocycles. The van der Waals surface area contributed by atoms with Crippen LogP contribution in [0.1, 0.15) is 6.23 Å². The van der Waals surface area contributed by atoms with Gasteiger partial charge in [0.25, 0.3) is 10.7 Å². The quantitative estimate of drug-likeness (QED) is 0.334. The maximum Gasteiger partial charge on any atom is 0.270 e. The molecule has 0 radical (unpaired) electrons. The highest BCUT2D eigenvalue weighted by Crippen LogP contribution is 2.49. The molecule has 1 fully saturated rings.